The minimum atomic E-state index is -0.0252. The predicted octanol–water partition coefficient (Wildman–Crippen LogP) is 2.19. The molecule has 0 radical (unpaired) electrons. The monoisotopic (exact) mass is 282 g/mol. The normalized spacial score (nSPS) is 26.7. The van der Waals surface area contributed by atoms with E-state index in [0.29, 0.717) is 6.04 Å². The van der Waals surface area contributed by atoms with Crippen molar-refractivity contribution in [2.75, 3.05) is 13.1 Å². The van der Waals surface area contributed by atoms with Crippen LogP contribution in [0.3, 0.4) is 0 Å². The summed E-state index contributed by atoms with van der Waals surface area (Å²) in [5, 5.41) is 3.69. The minimum absolute atomic E-state index is 0.0252. The van der Waals surface area contributed by atoms with Crippen molar-refractivity contribution in [2.45, 2.75) is 32.0 Å². The van der Waals surface area contributed by atoms with Gasteiger partial charge in [-0.15, -0.1) is 0 Å². The molecule has 1 aliphatic rings. The lowest BCUT2D eigenvalue weighted by atomic mass is 9.88. The number of hydrogen-bond acceptors (Lipinski definition) is 4. The Labute approximate surface area is 126 Å². The zero-order valence-corrected chi connectivity index (χ0v) is 12.7. The van der Waals surface area contributed by atoms with Crippen LogP contribution in [0.5, 0.6) is 0 Å². The second-order valence-corrected chi connectivity index (χ2v) is 6.00. The van der Waals surface area contributed by atoms with Crippen LogP contribution in [0.25, 0.3) is 0 Å². The molecular weight excluding hydrogens is 260 g/mol. The second kappa shape index (κ2) is 5.92. The van der Waals surface area contributed by atoms with Crippen LogP contribution in [0.1, 0.15) is 25.2 Å². The van der Waals surface area contributed by atoms with E-state index in [-0.39, 0.29) is 5.54 Å². The topological polar surface area (TPSA) is 41.0 Å². The molecule has 1 N–H and O–H groups in total. The summed E-state index contributed by atoms with van der Waals surface area (Å²) in [4.78, 5) is 11.2. The van der Waals surface area contributed by atoms with E-state index in [1.807, 2.05) is 18.5 Å². The lowest BCUT2D eigenvalue weighted by Crippen LogP contribution is -2.60. The van der Waals surface area contributed by atoms with Gasteiger partial charge in [0.15, 0.2) is 0 Å². The Bertz CT molecular complexity index is 572. The van der Waals surface area contributed by atoms with Crippen molar-refractivity contribution in [3.63, 3.8) is 0 Å². The summed E-state index contributed by atoms with van der Waals surface area (Å²) < 4.78 is 0. The molecule has 3 rings (SSSR count). The molecule has 1 aliphatic heterocycles. The van der Waals surface area contributed by atoms with Gasteiger partial charge in [0.05, 0.1) is 12.1 Å². The zero-order chi connectivity index (χ0) is 14.7. The van der Waals surface area contributed by atoms with E-state index < -0.39 is 0 Å². The molecule has 0 spiro atoms. The van der Waals surface area contributed by atoms with Crippen LogP contribution in [0.2, 0.25) is 0 Å². The van der Waals surface area contributed by atoms with Gasteiger partial charge in [0.1, 0.15) is 5.82 Å². The third-order valence-corrected chi connectivity index (χ3v) is 4.30. The Morgan fingerprint density at radius 2 is 1.90 bits per heavy atom. The number of benzene rings is 1. The Kier molecular flexibility index (Phi) is 3.99. The average Bonchev–Trinajstić information content (AvgIpc) is 2.53. The molecule has 2 heterocycles. The van der Waals surface area contributed by atoms with E-state index in [9.17, 15) is 0 Å². The van der Waals surface area contributed by atoms with Crippen LogP contribution >= 0.6 is 0 Å². The standard InChI is InChI=1S/C17H22N4/c1-14-11-20-17(2,15-7-4-3-5-8-15)13-21(14)12-16-18-9-6-10-19-16/h3-10,14,20H,11-13H2,1-2H3. The predicted molar refractivity (Wildman–Crippen MR) is 83.7 cm³/mol. The van der Waals surface area contributed by atoms with Crippen molar-refractivity contribution in [1.82, 2.24) is 20.2 Å². The Hall–Kier alpha value is -1.78. The smallest absolute Gasteiger partial charge is 0.142 e. The van der Waals surface area contributed by atoms with Gasteiger partial charge >= 0.3 is 0 Å². The largest absolute Gasteiger partial charge is 0.305 e. The van der Waals surface area contributed by atoms with E-state index in [1.165, 1.54) is 5.56 Å². The first-order valence-corrected chi connectivity index (χ1v) is 7.48. The minimum Gasteiger partial charge on any atom is -0.305 e. The molecule has 1 aromatic carbocycles. The maximum absolute atomic E-state index is 4.35. The zero-order valence-electron chi connectivity index (χ0n) is 12.7. The molecule has 1 fully saturated rings. The summed E-state index contributed by atoms with van der Waals surface area (Å²) in [6.45, 7) is 7.24. The highest BCUT2D eigenvalue weighted by atomic mass is 15.3. The summed E-state index contributed by atoms with van der Waals surface area (Å²) in [5.41, 5.74) is 1.30. The first kappa shape index (κ1) is 14.2. The summed E-state index contributed by atoms with van der Waals surface area (Å²) >= 11 is 0. The van der Waals surface area contributed by atoms with Crippen LogP contribution in [0, 0.1) is 0 Å². The van der Waals surface area contributed by atoms with Gasteiger partial charge in [-0.1, -0.05) is 30.3 Å². The van der Waals surface area contributed by atoms with Gasteiger partial charge in [-0.25, -0.2) is 9.97 Å². The van der Waals surface area contributed by atoms with Gasteiger partial charge in [-0.2, -0.15) is 0 Å². The molecule has 21 heavy (non-hydrogen) atoms. The summed E-state index contributed by atoms with van der Waals surface area (Å²) in [7, 11) is 0. The molecule has 1 saturated heterocycles. The van der Waals surface area contributed by atoms with Crippen molar-refractivity contribution >= 4 is 0 Å². The number of rotatable bonds is 3. The van der Waals surface area contributed by atoms with Crippen LogP contribution in [-0.2, 0) is 12.1 Å². The Balaban J connectivity index is 1.78. The number of piperazine rings is 1. The third kappa shape index (κ3) is 3.12. The molecule has 4 heteroatoms. The van der Waals surface area contributed by atoms with Crippen molar-refractivity contribution in [2.24, 2.45) is 0 Å². The quantitative estimate of drug-likeness (QED) is 0.937. The number of nitrogens with one attached hydrogen (secondary N) is 1. The van der Waals surface area contributed by atoms with E-state index in [2.05, 4.69) is 64.4 Å². The second-order valence-electron chi connectivity index (χ2n) is 6.00. The maximum atomic E-state index is 4.35. The molecule has 2 atom stereocenters. The highest BCUT2D eigenvalue weighted by Gasteiger charge is 2.35. The molecular formula is C17H22N4. The maximum Gasteiger partial charge on any atom is 0.142 e. The third-order valence-electron chi connectivity index (χ3n) is 4.30. The van der Waals surface area contributed by atoms with Crippen molar-refractivity contribution in [1.29, 1.82) is 0 Å². The number of aromatic nitrogens is 2. The lowest BCUT2D eigenvalue weighted by Gasteiger charge is -2.45. The van der Waals surface area contributed by atoms with Crippen molar-refractivity contribution < 1.29 is 0 Å². The van der Waals surface area contributed by atoms with Gasteiger partial charge in [0, 0.05) is 31.5 Å². The van der Waals surface area contributed by atoms with Crippen LogP contribution in [0.4, 0.5) is 0 Å². The van der Waals surface area contributed by atoms with Crippen LogP contribution in [-0.4, -0.2) is 34.0 Å². The first-order chi connectivity index (χ1) is 10.2. The fourth-order valence-corrected chi connectivity index (χ4v) is 2.92. The number of nitrogens with zero attached hydrogens (tertiary/aromatic N) is 3. The molecule has 2 unspecified atom stereocenters. The van der Waals surface area contributed by atoms with Crippen LogP contribution < -0.4 is 5.32 Å². The fourth-order valence-electron chi connectivity index (χ4n) is 2.92. The molecule has 4 nitrogen and oxygen atoms in total. The number of hydrogen-bond donors (Lipinski definition) is 1. The van der Waals surface area contributed by atoms with Gasteiger partial charge in [0.2, 0.25) is 0 Å². The summed E-state index contributed by atoms with van der Waals surface area (Å²) in [6, 6.07) is 13.0. The highest BCUT2D eigenvalue weighted by Crippen LogP contribution is 2.26. The van der Waals surface area contributed by atoms with Crippen molar-refractivity contribution in [3.8, 4) is 0 Å². The van der Waals surface area contributed by atoms with E-state index in [4.69, 9.17) is 0 Å². The molecule has 0 bridgehead atoms. The summed E-state index contributed by atoms with van der Waals surface area (Å²) in [5.74, 6) is 0.890. The molecule has 0 aliphatic carbocycles. The SMILES string of the molecule is CC1CNC(C)(c2ccccc2)CN1Cc1ncccn1. The van der Waals surface area contributed by atoms with Crippen molar-refractivity contribution in [3.05, 3.63) is 60.2 Å². The van der Waals surface area contributed by atoms with Gasteiger partial charge in [0.25, 0.3) is 0 Å². The highest BCUT2D eigenvalue weighted by molar-refractivity contribution is 5.25. The Morgan fingerprint density at radius 1 is 1.19 bits per heavy atom. The van der Waals surface area contributed by atoms with E-state index in [0.717, 1.165) is 25.5 Å². The molecule has 0 amide bonds. The van der Waals surface area contributed by atoms with Gasteiger partial charge in [-0.05, 0) is 25.5 Å². The first-order valence-electron chi connectivity index (χ1n) is 7.48. The molecule has 110 valence electrons. The van der Waals surface area contributed by atoms with Crippen LogP contribution in [0.15, 0.2) is 48.8 Å². The molecule has 0 saturated carbocycles. The molecule has 1 aromatic heterocycles. The average molecular weight is 282 g/mol. The Morgan fingerprint density at radius 3 is 2.62 bits per heavy atom. The van der Waals surface area contributed by atoms with Gasteiger partial charge < -0.3 is 5.32 Å². The van der Waals surface area contributed by atoms with E-state index in [1.54, 1.807) is 0 Å². The van der Waals surface area contributed by atoms with E-state index >= 15 is 0 Å². The fraction of sp³-hybridized carbons (Fsp3) is 0.412. The lowest BCUT2D eigenvalue weighted by molar-refractivity contribution is 0.0853. The van der Waals surface area contributed by atoms with Gasteiger partial charge in [-0.3, -0.25) is 4.90 Å². The molecule has 2 aromatic rings. The summed E-state index contributed by atoms with van der Waals surface area (Å²) in [6.07, 6.45) is 3.62.